The van der Waals surface area contributed by atoms with Crippen LogP contribution in [0.3, 0.4) is 0 Å². The predicted octanol–water partition coefficient (Wildman–Crippen LogP) is 0.783. The molecule has 1 unspecified atom stereocenters. The molecule has 0 aliphatic heterocycles. The molecule has 0 saturated carbocycles. The first-order chi connectivity index (χ1) is 5.20. The van der Waals surface area contributed by atoms with Crippen molar-refractivity contribution in [1.82, 2.24) is 5.32 Å². The van der Waals surface area contributed by atoms with Crippen LogP contribution in [0.2, 0.25) is 0 Å². The molecule has 0 aliphatic rings. The number of nitrogens with one attached hydrogen (secondary N) is 1. The van der Waals surface area contributed by atoms with E-state index in [1.807, 2.05) is 5.38 Å². The highest BCUT2D eigenvalue weighted by atomic mass is 32.1. The second-order valence-corrected chi connectivity index (χ2v) is 3.05. The molecule has 0 spiro atoms. The van der Waals surface area contributed by atoms with Crippen molar-refractivity contribution in [2.75, 3.05) is 0 Å². The van der Waals surface area contributed by atoms with Crippen molar-refractivity contribution < 1.29 is 4.79 Å². The molecule has 11 heavy (non-hydrogen) atoms. The molecule has 0 saturated heterocycles. The number of thiophene rings is 1. The van der Waals surface area contributed by atoms with Crippen molar-refractivity contribution in [3.05, 3.63) is 22.4 Å². The number of carbonyl (C=O) groups excluding carboxylic acids is 1. The summed E-state index contributed by atoms with van der Waals surface area (Å²) >= 11 is 1.49. The summed E-state index contributed by atoms with van der Waals surface area (Å²) in [5.41, 5.74) is 6.04. The van der Waals surface area contributed by atoms with E-state index in [-0.39, 0.29) is 12.1 Å². The van der Waals surface area contributed by atoms with Crippen LogP contribution in [-0.4, -0.2) is 12.1 Å². The Balaban J connectivity index is 2.57. The Morgan fingerprint density at radius 1 is 1.82 bits per heavy atom. The lowest BCUT2D eigenvalue weighted by atomic mass is 10.3. The molecule has 0 aliphatic carbocycles. The van der Waals surface area contributed by atoms with Gasteiger partial charge in [0.1, 0.15) is 0 Å². The molecule has 0 bridgehead atoms. The fraction of sp³-hybridized carbons (Fsp3) is 0.286. The Hall–Kier alpha value is -0.870. The number of hydrogen-bond donors (Lipinski definition) is 2. The molecule has 0 fully saturated rings. The van der Waals surface area contributed by atoms with E-state index in [1.54, 1.807) is 18.4 Å². The van der Waals surface area contributed by atoms with Gasteiger partial charge in [-0.25, -0.2) is 0 Å². The van der Waals surface area contributed by atoms with Crippen molar-refractivity contribution in [1.29, 1.82) is 0 Å². The van der Waals surface area contributed by atoms with Crippen LogP contribution in [0, 0.1) is 0 Å². The Morgan fingerprint density at radius 2 is 2.55 bits per heavy atom. The third kappa shape index (κ3) is 2.32. The Bertz CT molecular complexity index is 231. The molecular formula is C7H10N2OS. The van der Waals surface area contributed by atoms with Gasteiger partial charge in [-0.2, -0.15) is 11.3 Å². The molecule has 1 amide bonds. The van der Waals surface area contributed by atoms with Gasteiger partial charge in [0.25, 0.3) is 5.91 Å². The van der Waals surface area contributed by atoms with E-state index in [0.29, 0.717) is 5.56 Å². The maximum atomic E-state index is 11.1. The number of carbonyl (C=O) groups is 1. The van der Waals surface area contributed by atoms with Crippen molar-refractivity contribution in [3.8, 4) is 0 Å². The van der Waals surface area contributed by atoms with Crippen LogP contribution in [0.15, 0.2) is 16.8 Å². The highest BCUT2D eigenvalue weighted by molar-refractivity contribution is 7.08. The second kappa shape index (κ2) is 3.50. The maximum Gasteiger partial charge on any atom is 0.253 e. The summed E-state index contributed by atoms with van der Waals surface area (Å²) in [5, 5.41) is 6.24. The van der Waals surface area contributed by atoms with Gasteiger partial charge >= 0.3 is 0 Å². The van der Waals surface area contributed by atoms with Gasteiger partial charge in [0.2, 0.25) is 0 Å². The van der Waals surface area contributed by atoms with E-state index in [1.165, 1.54) is 11.3 Å². The van der Waals surface area contributed by atoms with Gasteiger partial charge in [-0.05, 0) is 18.4 Å². The van der Waals surface area contributed by atoms with E-state index in [9.17, 15) is 4.79 Å². The highest BCUT2D eigenvalue weighted by Crippen LogP contribution is 2.04. The summed E-state index contributed by atoms with van der Waals surface area (Å²) in [6, 6.07) is 1.77. The molecular weight excluding hydrogens is 160 g/mol. The van der Waals surface area contributed by atoms with Crippen LogP contribution in [0.1, 0.15) is 17.3 Å². The zero-order valence-electron chi connectivity index (χ0n) is 6.20. The lowest BCUT2D eigenvalue weighted by molar-refractivity contribution is 0.0942. The monoisotopic (exact) mass is 170 g/mol. The average Bonchev–Trinajstić information content (AvgIpc) is 2.35. The first-order valence-electron chi connectivity index (χ1n) is 3.29. The topological polar surface area (TPSA) is 55.1 Å². The molecule has 3 nitrogen and oxygen atoms in total. The SMILES string of the molecule is CC(N)NC(=O)c1ccsc1. The minimum atomic E-state index is -0.289. The number of rotatable bonds is 2. The zero-order valence-corrected chi connectivity index (χ0v) is 7.02. The molecule has 1 aromatic heterocycles. The molecule has 60 valence electrons. The van der Waals surface area contributed by atoms with Gasteiger partial charge in [-0.15, -0.1) is 0 Å². The van der Waals surface area contributed by atoms with Gasteiger partial charge in [0.15, 0.2) is 0 Å². The van der Waals surface area contributed by atoms with Crippen LogP contribution < -0.4 is 11.1 Å². The largest absolute Gasteiger partial charge is 0.337 e. The van der Waals surface area contributed by atoms with Gasteiger partial charge in [-0.1, -0.05) is 0 Å². The highest BCUT2D eigenvalue weighted by Gasteiger charge is 2.05. The van der Waals surface area contributed by atoms with E-state index in [0.717, 1.165) is 0 Å². The average molecular weight is 170 g/mol. The molecule has 1 atom stereocenters. The molecule has 0 aromatic carbocycles. The third-order valence-electron chi connectivity index (χ3n) is 1.14. The first kappa shape index (κ1) is 8.23. The fourth-order valence-corrected chi connectivity index (χ4v) is 1.32. The molecule has 3 N–H and O–H groups in total. The Morgan fingerprint density at radius 3 is 3.00 bits per heavy atom. The normalized spacial score (nSPS) is 12.5. The van der Waals surface area contributed by atoms with Crippen molar-refractivity contribution in [2.24, 2.45) is 5.73 Å². The second-order valence-electron chi connectivity index (χ2n) is 2.27. The summed E-state index contributed by atoms with van der Waals surface area (Å²) in [5.74, 6) is -0.110. The number of amides is 1. The minimum Gasteiger partial charge on any atom is -0.337 e. The predicted molar refractivity (Wildman–Crippen MR) is 45.4 cm³/mol. The number of nitrogens with two attached hydrogens (primary N) is 1. The standard InChI is InChI=1S/C7H10N2OS/c1-5(8)9-7(10)6-2-3-11-4-6/h2-5H,8H2,1H3,(H,9,10). The third-order valence-corrected chi connectivity index (χ3v) is 1.83. The van der Waals surface area contributed by atoms with Gasteiger partial charge in [-0.3, -0.25) is 4.79 Å². The Kier molecular flexibility index (Phi) is 2.62. The van der Waals surface area contributed by atoms with Crippen molar-refractivity contribution >= 4 is 17.2 Å². The van der Waals surface area contributed by atoms with Crippen LogP contribution in [-0.2, 0) is 0 Å². The summed E-state index contributed by atoms with van der Waals surface area (Å²) in [7, 11) is 0. The summed E-state index contributed by atoms with van der Waals surface area (Å²) in [6.07, 6.45) is -0.289. The smallest absolute Gasteiger partial charge is 0.253 e. The van der Waals surface area contributed by atoms with Crippen molar-refractivity contribution in [2.45, 2.75) is 13.1 Å². The van der Waals surface area contributed by atoms with Crippen LogP contribution in [0.4, 0.5) is 0 Å². The van der Waals surface area contributed by atoms with Crippen LogP contribution in [0.5, 0.6) is 0 Å². The molecule has 4 heteroatoms. The minimum absolute atomic E-state index is 0.110. The van der Waals surface area contributed by atoms with E-state index in [2.05, 4.69) is 5.32 Å². The van der Waals surface area contributed by atoms with Crippen LogP contribution in [0.25, 0.3) is 0 Å². The molecule has 1 aromatic rings. The Labute approximate surface area is 69.2 Å². The fourth-order valence-electron chi connectivity index (χ4n) is 0.684. The lowest BCUT2D eigenvalue weighted by Crippen LogP contribution is -2.38. The summed E-state index contributed by atoms with van der Waals surface area (Å²) in [6.45, 7) is 1.73. The maximum absolute atomic E-state index is 11.1. The first-order valence-corrected chi connectivity index (χ1v) is 4.23. The quantitative estimate of drug-likeness (QED) is 0.644. The van der Waals surface area contributed by atoms with Gasteiger partial charge < -0.3 is 11.1 Å². The van der Waals surface area contributed by atoms with Gasteiger partial charge in [0, 0.05) is 5.38 Å². The molecule has 1 heterocycles. The van der Waals surface area contributed by atoms with E-state index < -0.39 is 0 Å². The lowest BCUT2D eigenvalue weighted by Gasteiger charge is -2.05. The van der Waals surface area contributed by atoms with E-state index >= 15 is 0 Å². The summed E-state index contributed by atoms with van der Waals surface area (Å²) in [4.78, 5) is 11.1. The van der Waals surface area contributed by atoms with Crippen molar-refractivity contribution in [3.63, 3.8) is 0 Å². The molecule has 0 radical (unpaired) electrons. The van der Waals surface area contributed by atoms with E-state index in [4.69, 9.17) is 5.73 Å². The summed E-state index contributed by atoms with van der Waals surface area (Å²) < 4.78 is 0. The zero-order chi connectivity index (χ0) is 8.27. The molecule has 1 rings (SSSR count). The van der Waals surface area contributed by atoms with Gasteiger partial charge in [0.05, 0.1) is 11.7 Å². The number of hydrogen-bond acceptors (Lipinski definition) is 3. The van der Waals surface area contributed by atoms with Crippen LogP contribution >= 0.6 is 11.3 Å².